The number of nitrogen functional groups attached to an aromatic ring is 2. The number of carbonyl (C=O) groups excluding carboxylic acids is 2. The molecule has 2 aromatic heterocycles. The van der Waals surface area contributed by atoms with Gasteiger partial charge in [-0.25, -0.2) is 4.98 Å². The molecule has 0 saturated heterocycles. The molecule has 0 radical (unpaired) electrons. The van der Waals surface area contributed by atoms with Gasteiger partial charge in [0, 0.05) is 12.4 Å². The molecule has 0 bridgehead atoms. The second-order valence-corrected chi connectivity index (χ2v) is 9.08. The van der Waals surface area contributed by atoms with Crippen molar-refractivity contribution in [2.24, 2.45) is 0 Å². The summed E-state index contributed by atoms with van der Waals surface area (Å²) in [7, 11) is 0. The van der Waals surface area contributed by atoms with Crippen molar-refractivity contribution >= 4 is 35.2 Å². The first-order valence-corrected chi connectivity index (χ1v) is 11.8. The normalized spacial score (nSPS) is 16.8. The van der Waals surface area contributed by atoms with Gasteiger partial charge in [-0.15, -0.1) is 0 Å². The minimum Gasteiger partial charge on any atom is -0.396 e. The molecule has 38 heavy (non-hydrogen) atoms. The van der Waals surface area contributed by atoms with Crippen LogP contribution in [0.5, 0.6) is 0 Å². The van der Waals surface area contributed by atoms with E-state index in [0.29, 0.717) is 12.6 Å². The third-order valence-corrected chi connectivity index (χ3v) is 6.66. The number of pyridine rings is 2. The first-order valence-electron chi connectivity index (χ1n) is 11.8. The van der Waals surface area contributed by atoms with Gasteiger partial charge in [-0.2, -0.15) is 13.2 Å². The zero-order chi connectivity index (χ0) is 27.6. The zero-order valence-electron chi connectivity index (χ0n) is 20.4. The van der Waals surface area contributed by atoms with Crippen LogP contribution in [-0.2, 0) is 22.3 Å². The van der Waals surface area contributed by atoms with Gasteiger partial charge in [0.2, 0.25) is 0 Å². The Hall–Kier alpha value is -4.48. The Kier molecular flexibility index (Phi) is 7.33. The summed E-state index contributed by atoms with van der Waals surface area (Å²) in [5.41, 5.74) is 12.9. The van der Waals surface area contributed by atoms with Gasteiger partial charge in [-0.3, -0.25) is 14.6 Å². The molecule has 2 heterocycles. The van der Waals surface area contributed by atoms with Gasteiger partial charge >= 0.3 is 18.0 Å². The maximum Gasteiger partial charge on any atom is 0.417 e. The highest BCUT2D eigenvalue weighted by molar-refractivity contribution is 6.40. The lowest BCUT2D eigenvalue weighted by molar-refractivity contribution is -0.145. The molecule has 0 saturated carbocycles. The summed E-state index contributed by atoms with van der Waals surface area (Å²) in [5, 5.41) is 9.90. The van der Waals surface area contributed by atoms with Crippen molar-refractivity contribution in [1.29, 1.82) is 5.41 Å². The Morgan fingerprint density at radius 1 is 1.11 bits per heavy atom. The molecule has 3 aromatic rings. The number of aromatic nitrogens is 2. The lowest BCUT2D eigenvalue weighted by atomic mass is 9.80. The number of carbonyl (C=O) groups is 2. The van der Waals surface area contributed by atoms with Gasteiger partial charge in [0.05, 0.1) is 47.0 Å². The van der Waals surface area contributed by atoms with Gasteiger partial charge in [0.15, 0.2) is 0 Å². The number of halogens is 3. The number of nitrogens with zero attached hydrogens (tertiary/aromatic N) is 3. The van der Waals surface area contributed by atoms with Crippen LogP contribution in [0.1, 0.15) is 59.7 Å². The first-order chi connectivity index (χ1) is 18.0. The van der Waals surface area contributed by atoms with Crippen molar-refractivity contribution in [3.8, 4) is 0 Å². The van der Waals surface area contributed by atoms with Crippen LogP contribution in [-0.4, -0.2) is 32.9 Å². The molecule has 4 rings (SSSR count). The van der Waals surface area contributed by atoms with E-state index in [1.54, 1.807) is 0 Å². The molecule has 0 fully saturated rings. The minimum atomic E-state index is -4.55. The highest BCUT2D eigenvalue weighted by Gasteiger charge is 2.35. The molecule has 12 heteroatoms. The van der Waals surface area contributed by atoms with Crippen LogP contribution in [0.2, 0.25) is 0 Å². The minimum absolute atomic E-state index is 0.00122. The lowest BCUT2D eigenvalue weighted by Crippen LogP contribution is -2.43. The molecule has 2 atom stereocenters. The Labute approximate surface area is 216 Å². The van der Waals surface area contributed by atoms with Gasteiger partial charge in [-0.1, -0.05) is 31.2 Å². The molecule has 198 valence electrons. The van der Waals surface area contributed by atoms with Gasteiger partial charge in [0.1, 0.15) is 5.82 Å². The predicted octanol–water partition coefficient (Wildman–Crippen LogP) is 4.26. The fourth-order valence-electron chi connectivity index (χ4n) is 4.60. The number of rotatable bonds is 5. The Morgan fingerprint density at radius 2 is 1.82 bits per heavy atom. The maximum absolute atomic E-state index is 13.6. The SMILES string of the molecule is CC1CCC(N(Cc2ccc(C(F)(F)F)cn2)C(=O)C(=O)Nc2cnc(N)c(C=N)c2N)c2ccccc21. The van der Waals surface area contributed by atoms with E-state index in [-0.39, 0.29) is 40.9 Å². The Balaban J connectivity index is 1.68. The predicted molar refractivity (Wildman–Crippen MR) is 136 cm³/mol. The molecule has 2 amide bonds. The van der Waals surface area contributed by atoms with Gasteiger partial charge in [-0.05, 0) is 42.0 Å². The fourth-order valence-corrected chi connectivity index (χ4v) is 4.60. The molecule has 1 aromatic carbocycles. The van der Waals surface area contributed by atoms with Crippen LogP contribution in [0.4, 0.5) is 30.4 Å². The van der Waals surface area contributed by atoms with E-state index in [0.717, 1.165) is 29.8 Å². The molecular weight excluding hydrogens is 499 g/mol. The summed E-state index contributed by atoms with van der Waals surface area (Å²) in [4.78, 5) is 35.8. The third-order valence-electron chi connectivity index (χ3n) is 6.66. The smallest absolute Gasteiger partial charge is 0.396 e. The van der Waals surface area contributed by atoms with E-state index in [2.05, 4.69) is 22.2 Å². The zero-order valence-corrected chi connectivity index (χ0v) is 20.4. The molecule has 6 N–H and O–H groups in total. The quantitative estimate of drug-likeness (QED) is 0.289. The van der Waals surface area contributed by atoms with Crippen LogP contribution in [0.3, 0.4) is 0 Å². The standard InChI is InChI=1S/C26H26F3N7O2/c1-14-6-9-21(18-5-3-2-4-17(14)18)36(13-16-8-7-15(11-33-16)26(27,28)29)25(38)24(37)35-20-12-34-23(32)19(10-30)22(20)31/h2-5,7-8,10-12,14,21,30H,6,9,13H2,1H3,(H,35,37)(H4,31,32,34). The van der Waals surface area contributed by atoms with Crippen LogP contribution in [0, 0.1) is 5.41 Å². The first kappa shape index (κ1) is 26.6. The van der Waals surface area contributed by atoms with Crippen molar-refractivity contribution in [2.75, 3.05) is 16.8 Å². The number of hydrogen-bond acceptors (Lipinski definition) is 7. The number of hydrogen-bond donors (Lipinski definition) is 4. The molecule has 0 aliphatic heterocycles. The average molecular weight is 526 g/mol. The summed E-state index contributed by atoms with van der Waals surface area (Å²) >= 11 is 0. The van der Waals surface area contributed by atoms with Crippen molar-refractivity contribution in [3.05, 3.63) is 76.7 Å². The topological polar surface area (TPSA) is 151 Å². The summed E-state index contributed by atoms with van der Waals surface area (Å²) in [5.74, 6) is -1.72. The van der Waals surface area contributed by atoms with Gasteiger partial charge in [0.25, 0.3) is 0 Å². The maximum atomic E-state index is 13.6. The number of anilines is 3. The van der Waals surface area contributed by atoms with E-state index in [1.807, 2.05) is 24.3 Å². The second-order valence-electron chi connectivity index (χ2n) is 9.08. The number of alkyl halides is 3. The molecule has 1 aliphatic rings. The number of fused-ring (bicyclic) bond motifs is 1. The van der Waals surface area contributed by atoms with E-state index in [4.69, 9.17) is 16.9 Å². The average Bonchev–Trinajstić information content (AvgIpc) is 2.89. The highest BCUT2D eigenvalue weighted by atomic mass is 19.4. The Morgan fingerprint density at radius 3 is 2.45 bits per heavy atom. The molecular formula is C26H26F3N7O2. The lowest BCUT2D eigenvalue weighted by Gasteiger charge is -2.37. The molecule has 9 nitrogen and oxygen atoms in total. The van der Waals surface area contributed by atoms with E-state index >= 15 is 0 Å². The monoisotopic (exact) mass is 525 g/mol. The largest absolute Gasteiger partial charge is 0.417 e. The Bertz CT molecular complexity index is 1380. The highest BCUT2D eigenvalue weighted by Crippen LogP contribution is 2.41. The molecule has 2 unspecified atom stereocenters. The fraction of sp³-hybridized carbons (Fsp3) is 0.269. The van der Waals surface area contributed by atoms with Crippen LogP contribution < -0.4 is 16.8 Å². The van der Waals surface area contributed by atoms with E-state index < -0.39 is 29.6 Å². The van der Waals surface area contributed by atoms with E-state index in [9.17, 15) is 22.8 Å². The van der Waals surface area contributed by atoms with Crippen LogP contribution >= 0.6 is 0 Å². The summed E-state index contributed by atoms with van der Waals surface area (Å²) in [6, 6.07) is 9.15. The van der Waals surface area contributed by atoms with Crippen LogP contribution in [0.15, 0.2) is 48.8 Å². The van der Waals surface area contributed by atoms with Crippen molar-refractivity contribution in [3.63, 3.8) is 0 Å². The third kappa shape index (κ3) is 5.29. The molecule has 1 aliphatic carbocycles. The molecule has 0 spiro atoms. The number of benzene rings is 1. The second kappa shape index (κ2) is 10.5. The number of nitrogens with one attached hydrogen (secondary N) is 2. The van der Waals surface area contributed by atoms with Crippen LogP contribution in [0.25, 0.3) is 0 Å². The summed E-state index contributed by atoms with van der Waals surface area (Å²) in [6.45, 7) is 1.88. The van der Waals surface area contributed by atoms with Crippen molar-refractivity contribution in [2.45, 2.75) is 44.4 Å². The van der Waals surface area contributed by atoms with E-state index in [1.165, 1.54) is 17.2 Å². The number of amides is 2. The summed E-state index contributed by atoms with van der Waals surface area (Å²) in [6.07, 6.45) is -0.497. The van der Waals surface area contributed by atoms with Gasteiger partial charge < -0.3 is 27.1 Å². The van der Waals surface area contributed by atoms with Crippen molar-refractivity contribution in [1.82, 2.24) is 14.9 Å². The summed E-state index contributed by atoms with van der Waals surface area (Å²) < 4.78 is 39.1. The van der Waals surface area contributed by atoms with Crippen molar-refractivity contribution < 1.29 is 22.8 Å². The number of nitrogens with two attached hydrogens (primary N) is 2.